The van der Waals surface area contributed by atoms with Crippen LogP contribution in [0.5, 0.6) is 0 Å². The van der Waals surface area contributed by atoms with E-state index in [0.717, 1.165) is 86.5 Å². The maximum atomic E-state index is 13.4. The molecule has 0 bridgehead atoms. The van der Waals surface area contributed by atoms with Crippen LogP contribution in [0, 0.1) is 10.8 Å². The molecule has 0 atom stereocenters. The van der Waals surface area contributed by atoms with Gasteiger partial charge in [0.2, 0.25) is 5.91 Å². The van der Waals surface area contributed by atoms with E-state index in [1.54, 1.807) is 24.0 Å². The van der Waals surface area contributed by atoms with Gasteiger partial charge in [0.05, 0.1) is 13.1 Å². The summed E-state index contributed by atoms with van der Waals surface area (Å²) in [5.74, 6) is -1.73. The first-order chi connectivity index (χ1) is 56.4. The van der Waals surface area contributed by atoms with Gasteiger partial charge in [-0.05, 0) is 139 Å². The van der Waals surface area contributed by atoms with Crippen molar-refractivity contribution in [1.29, 1.82) is 0 Å². The summed E-state index contributed by atoms with van der Waals surface area (Å²) in [4.78, 5) is 74.2. The van der Waals surface area contributed by atoms with Gasteiger partial charge in [-0.25, -0.2) is 4.79 Å². The molecule has 0 aliphatic heterocycles. The van der Waals surface area contributed by atoms with Crippen molar-refractivity contribution in [3.63, 3.8) is 0 Å². The number of allylic oxidation sites excluding steroid dienone is 18. The van der Waals surface area contributed by atoms with E-state index in [1.165, 1.54) is 285 Å². The van der Waals surface area contributed by atoms with Gasteiger partial charge in [-0.1, -0.05) is 403 Å². The molecule has 0 fully saturated rings. The van der Waals surface area contributed by atoms with Crippen molar-refractivity contribution in [3.8, 4) is 0 Å². The molecule has 0 heterocycles. The second-order valence-corrected chi connectivity index (χ2v) is 35.3. The first kappa shape index (κ1) is 114. The Morgan fingerprint density at radius 2 is 0.619 bits per heavy atom. The molecule has 0 aromatic heterocycles. The van der Waals surface area contributed by atoms with Crippen LogP contribution >= 0.6 is 0 Å². The number of ether oxygens (including phenoxy) is 4. The van der Waals surface area contributed by atoms with E-state index in [2.05, 4.69) is 119 Å². The molecule has 2 rings (SSSR count). The van der Waals surface area contributed by atoms with Crippen molar-refractivity contribution in [2.75, 3.05) is 52.6 Å². The number of aliphatic carboxylic acids is 1. The first-order valence-electron chi connectivity index (χ1n) is 48.1. The van der Waals surface area contributed by atoms with Crippen LogP contribution < -0.4 is 5.32 Å². The Bertz CT molecular complexity index is 2810. The molecular formula is C105H184N2O11. The van der Waals surface area contributed by atoms with Crippen LogP contribution in [0.15, 0.2) is 117 Å². The maximum absolute atomic E-state index is 13.4. The monoisotopic (exact) mass is 1650 g/mol. The van der Waals surface area contributed by atoms with Crippen LogP contribution in [0.3, 0.4) is 0 Å². The molecule has 0 saturated heterocycles. The molecule has 0 radical (unpaired) electrons. The number of carboxylic acids is 1. The van der Waals surface area contributed by atoms with Gasteiger partial charge in [-0.2, -0.15) is 0 Å². The van der Waals surface area contributed by atoms with Gasteiger partial charge in [0.25, 0.3) is 0 Å². The second kappa shape index (κ2) is 79.6. The lowest BCUT2D eigenvalue weighted by Gasteiger charge is -2.33. The molecule has 0 aromatic rings. The number of unbranched alkanes of at least 4 members (excludes halogenated alkanes) is 40. The Labute approximate surface area is 726 Å². The number of carboxylic acid groups (broad SMARTS) is 1. The third kappa shape index (κ3) is 70.8. The van der Waals surface area contributed by atoms with E-state index in [0.29, 0.717) is 52.0 Å². The van der Waals surface area contributed by atoms with E-state index in [-0.39, 0.29) is 74.3 Å². The molecular weight excluding hydrogens is 1470 g/mol. The van der Waals surface area contributed by atoms with Gasteiger partial charge in [0, 0.05) is 50.9 Å². The summed E-state index contributed by atoms with van der Waals surface area (Å²) in [5, 5.41) is 11.8. The summed E-state index contributed by atoms with van der Waals surface area (Å²) in [5.41, 5.74) is 10.2. The topological polar surface area (TPSA) is 175 Å². The van der Waals surface area contributed by atoms with Gasteiger partial charge in [0.1, 0.15) is 26.4 Å². The van der Waals surface area contributed by atoms with Crippen LogP contribution in [0.4, 0.5) is 0 Å². The molecule has 0 spiro atoms. The summed E-state index contributed by atoms with van der Waals surface area (Å²) in [6.45, 7) is 33.3. The van der Waals surface area contributed by atoms with Gasteiger partial charge in [-0.15, -0.1) is 0 Å². The van der Waals surface area contributed by atoms with Crippen molar-refractivity contribution in [3.05, 3.63) is 117 Å². The number of carbonyl (C=O) groups excluding carboxylic acids is 5. The normalized spacial score (nSPS) is 14.5. The quantitative estimate of drug-likeness (QED) is 0.0194. The Kier molecular flexibility index (Phi) is 77.1. The third-order valence-corrected chi connectivity index (χ3v) is 22.8. The van der Waals surface area contributed by atoms with Crippen LogP contribution in [0.1, 0.15) is 451 Å². The fourth-order valence-corrected chi connectivity index (χ4v) is 15.3. The minimum absolute atomic E-state index is 0. The van der Waals surface area contributed by atoms with E-state index in [9.17, 15) is 28.8 Å². The Balaban J connectivity index is 0. The molecule has 13 nitrogen and oxygen atoms in total. The zero-order valence-electron chi connectivity index (χ0n) is 78.2. The average Bonchev–Trinajstić information content (AvgIpc) is 0.828. The minimum Gasteiger partial charge on any atom is -0.478 e. The summed E-state index contributed by atoms with van der Waals surface area (Å²) in [6, 6.07) is 0. The number of nitrogens with one attached hydrogen (secondary N) is 1. The summed E-state index contributed by atoms with van der Waals surface area (Å²) >= 11 is 0. The Hall–Kier alpha value is -5.82. The molecule has 118 heavy (non-hydrogen) atoms. The van der Waals surface area contributed by atoms with Crippen LogP contribution in [0.25, 0.3) is 0 Å². The largest absolute Gasteiger partial charge is 0.478 e. The number of esters is 4. The van der Waals surface area contributed by atoms with Crippen molar-refractivity contribution in [1.82, 2.24) is 10.2 Å². The van der Waals surface area contributed by atoms with Crippen molar-refractivity contribution in [2.24, 2.45) is 10.8 Å². The zero-order chi connectivity index (χ0) is 86.5. The second-order valence-electron chi connectivity index (χ2n) is 35.3. The molecule has 0 aromatic carbocycles. The number of amides is 1. The highest BCUT2D eigenvalue weighted by Gasteiger charge is 2.28. The van der Waals surface area contributed by atoms with E-state index in [1.807, 2.05) is 31.2 Å². The van der Waals surface area contributed by atoms with E-state index >= 15 is 0 Å². The van der Waals surface area contributed by atoms with Crippen molar-refractivity contribution >= 4 is 35.8 Å². The Morgan fingerprint density at radius 3 is 0.881 bits per heavy atom. The summed E-state index contributed by atoms with van der Waals surface area (Å²) in [7, 11) is 0. The average molecular weight is 1650 g/mol. The highest BCUT2D eigenvalue weighted by atomic mass is 16.5. The lowest BCUT2D eigenvalue weighted by Crippen LogP contribution is -2.36. The minimum atomic E-state index is -0.912. The van der Waals surface area contributed by atoms with Gasteiger partial charge >= 0.3 is 29.8 Å². The summed E-state index contributed by atoms with van der Waals surface area (Å²) < 4.78 is 21.7. The fourth-order valence-electron chi connectivity index (χ4n) is 15.3. The zero-order valence-corrected chi connectivity index (χ0v) is 78.2. The van der Waals surface area contributed by atoms with Crippen LogP contribution in [-0.2, 0) is 47.7 Å². The molecule has 0 unspecified atom stereocenters. The van der Waals surface area contributed by atoms with Gasteiger partial charge < -0.3 is 34.3 Å². The number of nitrogens with zero attached hydrogens (tertiary/aromatic N) is 1. The third-order valence-electron chi connectivity index (χ3n) is 22.8. The van der Waals surface area contributed by atoms with Gasteiger partial charge in [-0.3, -0.25) is 24.0 Å². The molecule has 2 aliphatic rings. The van der Waals surface area contributed by atoms with Crippen LogP contribution in [0.2, 0.25) is 0 Å². The number of hydrogen-bond acceptors (Lipinski definition) is 11. The fraction of sp³-hybridized carbons (Fsp3) is 0.752. The predicted octanol–water partition coefficient (Wildman–Crippen LogP) is 30.1. The van der Waals surface area contributed by atoms with Gasteiger partial charge in [0.15, 0.2) is 0 Å². The SMILES string of the molecule is C.CC1=C(/C=C/C(C)=C/C=C/C(C)=C/C(=O)O)C(C)(C)CCC1.CCCCCCCCCCCCCC(=O)OCCN(CCOC(=O)CCCCCCCCCCCCC)C(=O)/C=C(C)/C=C/C=C(C)/C=C/C1=C(C)CCCC1(C)C.CCCCCCCCCCCCCC(=O)OCCNCCOC(=O)CCCCCCCCCCCCC. The molecule has 2 aliphatic carbocycles. The number of rotatable bonds is 70. The lowest BCUT2D eigenvalue weighted by atomic mass is 9.72. The lowest BCUT2D eigenvalue weighted by molar-refractivity contribution is -0.147. The Morgan fingerprint density at radius 1 is 0.364 bits per heavy atom. The highest BCUT2D eigenvalue weighted by molar-refractivity contribution is 5.88. The molecule has 1 amide bonds. The first-order valence-corrected chi connectivity index (χ1v) is 48.1. The van der Waals surface area contributed by atoms with E-state index in [4.69, 9.17) is 24.1 Å². The van der Waals surface area contributed by atoms with Crippen molar-refractivity contribution < 1.29 is 52.8 Å². The number of hydrogen-bond donors (Lipinski definition) is 2. The predicted molar refractivity (Wildman–Crippen MR) is 504 cm³/mol. The summed E-state index contributed by atoms with van der Waals surface area (Å²) in [6.07, 6.45) is 87.8. The number of carbonyl (C=O) groups is 6. The molecule has 0 saturated carbocycles. The highest BCUT2D eigenvalue weighted by Crippen LogP contribution is 2.42. The smallest absolute Gasteiger partial charge is 0.328 e. The van der Waals surface area contributed by atoms with Crippen LogP contribution in [-0.4, -0.2) is 98.4 Å². The maximum Gasteiger partial charge on any atom is 0.328 e. The molecule has 680 valence electrons. The van der Waals surface area contributed by atoms with Crippen molar-refractivity contribution in [2.45, 2.75) is 451 Å². The standard InChI is InChI=1S/C52H89NO5.C32H63NO4.C20H28O2.CH4/c1-8-10-12-14-16-18-20-22-24-26-28-35-50(55)57-42-40-53(41-43-58-51(56)36-29-27-25-23-21-19-17-15-13-11-9-2)49(54)44-46(4)33-30-32-45(3)37-38-48-47(5)34-31-39-52(48,6)7;1-3-5-7-9-11-13-15-17-19-21-23-25-31(34)36-29-27-33-28-30-37-32(35)26-24-22-20-18-16-14-12-10-8-6-4-2;1-15(8-6-9-16(2)14-19(21)22)11-12-18-17(3)10-7-13-20(18,4)5;/h30,32-33,37-38,44H,8-29,31,34-36,39-43H2,1-7H3;33H,3-30H2,1-2H3;6,8-9,11-12,14H,7,10,13H2,1-5H3,(H,21,22);1H4/b33-30+,38-37+,45-32+,46-44+;;9-6+,12-11+,15-8+,16-14+;. The molecule has 13 heteroatoms. The van der Waals surface area contributed by atoms with E-state index < -0.39 is 5.97 Å². The molecule has 2 N–H and O–H groups in total.